The molecular formula is C20H25FN4O2S. The van der Waals surface area contributed by atoms with Crippen LogP contribution < -0.4 is 4.72 Å². The molecule has 6 nitrogen and oxygen atoms in total. The third kappa shape index (κ3) is 3.58. The Bertz CT molecular complexity index is 1130. The molecule has 8 heteroatoms. The van der Waals surface area contributed by atoms with Crippen LogP contribution in [0.15, 0.2) is 24.5 Å². The molecule has 2 aromatic heterocycles. The van der Waals surface area contributed by atoms with Gasteiger partial charge in [0, 0.05) is 35.8 Å². The number of aromatic nitrogens is 3. The van der Waals surface area contributed by atoms with E-state index in [0.717, 1.165) is 28.6 Å². The van der Waals surface area contributed by atoms with E-state index in [0.29, 0.717) is 30.0 Å². The molecule has 150 valence electrons. The molecule has 0 radical (unpaired) electrons. The molecule has 0 bridgehead atoms. The van der Waals surface area contributed by atoms with Crippen LogP contribution in [0.5, 0.6) is 0 Å². The monoisotopic (exact) mass is 404 g/mol. The molecule has 0 amide bonds. The number of H-pyrrole nitrogens is 1. The second-order valence-electron chi connectivity index (χ2n) is 8.04. The highest BCUT2D eigenvalue weighted by molar-refractivity contribution is 7.90. The number of nitrogens with zero attached hydrogens (tertiary/aromatic N) is 2. The van der Waals surface area contributed by atoms with E-state index in [9.17, 15) is 12.8 Å². The minimum absolute atomic E-state index is 0.169. The van der Waals surface area contributed by atoms with Gasteiger partial charge in [0.05, 0.1) is 17.1 Å². The molecule has 2 heterocycles. The number of sulfonamides is 1. The van der Waals surface area contributed by atoms with Crippen molar-refractivity contribution in [3.63, 3.8) is 0 Å². The Morgan fingerprint density at radius 1 is 1.36 bits per heavy atom. The first-order chi connectivity index (χ1) is 13.3. The summed E-state index contributed by atoms with van der Waals surface area (Å²) in [5.41, 5.74) is 3.67. The largest absolute Gasteiger partial charge is 0.347 e. The predicted octanol–water partition coefficient (Wildman–Crippen LogP) is 3.72. The van der Waals surface area contributed by atoms with Crippen molar-refractivity contribution in [2.45, 2.75) is 52.0 Å². The molecule has 2 N–H and O–H groups in total. The molecule has 4 rings (SSSR count). The van der Waals surface area contributed by atoms with Crippen LogP contribution in [0.3, 0.4) is 0 Å². The van der Waals surface area contributed by atoms with Gasteiger partial charge in [-0.05, 0) is 48.9 Å². The Kier molecular flexibility index (Phi) is 4.79. The zero-order valence-corrected chi connectivity index (χ0v) is 17.1. The van der Waals surface area contributed by atoms with Crippen molar-refractivity contribution >= 4 is 20.9 Å². The summed E-state index contributed by atoms with van der Waals surface area (Å²) >= 11 is 0. The number of nitrogens with one attached hydrogen (secondary N) is 2. The van der Waals surface area contributed by atoms with Crippen LogP contribution in [0.2, 0.25) is 0 Å². The van der Waals surface area contributed by atoms with Crippen LogP contribution in [-0.4, -0.2) is 28.4 Å². The maximum Gasteiger partial charge on any atom is 0.214 e. The average Bonchev–Trinajstić information content (AvgIpc) is 3.33. The Morgan fingerprint density at radius 2 is 2.11 bits per heavy atom. The van der Waals surface area contributed by atoms with Crippen LogP contribution in [0.1, 0.15) is 37.8 Å². The fourth-order valence-corrected chi connectivity index (χ4v) is 4.90. The van der Waals surface area contributed by atoms with Gasteiger partial charge in [-0.1, -0.05) is 13.8 Å². The molecule has 1 aliphatic carbocycles. The van der Waals surface area contributed by atoms with E-state index in [2.05, 4.69) is 33.3 Å². The smallest absolute Gasteiger partial charge is 0.214 e. The number of fused-ring (bicyclic) bond motifs is 1. The summed E-state index contributed by atoms with van der Waals surface area (Å²) in [6.45, 7) is 7.05. The molecule has 3 aromatic rings. The van der Waals surface area contributed by atoms with Gasteiger partial charge in [-0.2, -0.15) is 5.10 Å². The fourth-order valence-electron chi connectivity index (χ4n) is 3.55. The number of hydrogen-bond acceptors (Lipinski definition) is 3. The first-order valence-electron chi connectivity index (χ1n) is 9.56. The van der Waals surface area contributed by atoms with Crippen molar-refractivity contribution in [1.29, 1.82) is 0 Å². The van der Waals surface area contributed by atoms with E-state index in [1.165, 1.54) is 6.07 Å². The summed E-state index contributed by atoms with van der Waals surface area (Å²) in [6.07, 6.45) is 5.03. The van der Waals surface area contributed by atoms with Crippen LogP contribution >= 0.6 is 0 Å². The second kappa shape index (κ2) is 7.00. The van der Waals surface area contributed by atoms with Gasteiger partial charge in [0.15, 0.2) is 0 Å². The molecule has 1 fully saturated rings. The molecular weight excluding hydrogens is 379 g/mol. The summed E-state index contributed by atoms with van der Waals surface area (Å²) in [7, 11) is -3.29. The lowest BCUT2D eigenvalue weighted by molar-refractivity contribution is 0.534. The number of rotatable bonds is 7. The van der Waals surface area contributed by atoms with Crippen LogP contribution in [-0.2, 0) is 23.1 Å². The van der Waals surface area contributed by atoms with Crippen LogP contribution in [0, 0.1) is 18.7 Å². The zero-order chi connectivity index (χ0) is 20.1. The first kappa shape index (κ1) is 19.1. The highest BCUT2D eigenvalue weighted by Crippen LogP contribution is 2.32. The Morgan fingerprint density at radius 3 is 2.71 bits per heavy atom. The van der Waals surface area contributed by atoms with Gasteiger partial charge in [-0.15, -0.1) is 0 Å². The number of aromatic amines is 1. The molecule has 1 saturated carbocycles. The topological polar surface area (TPSA) is 79.8 Å². The number of halogens is 1. The SMILES string of the molecule is Cc1cn[nH]c1-c1cc2c(cc1F)c(CNS(=O)(=O)C1CC1)cn2CC(C)C. The maximum absolute atomic E-state index is 14.9. The Labute approximate surface area is 164 Å². The van der Waals surface area contributed by atoms with E-state index in [4.69, 9.17) is 0 Å². The lowest BCUT2D eigenvalue weighted by Crippen LogP contribution is -2.26. The molecule has 0 saturated heterocycles. The lowest BCUT2D eigenvalue weighted by Gasteiger charge is -2.10. The number of aryl methyl sites for hydroxylation is 1. The van der Waals surface area contributed by atoms with Crippen molar-refractivity contribution in [1.82, 2.24) is 19.5 Å². The summed E-state index contributed by atoms with van der Waals surface area (Å²) < 4.78 is 44.1. The Balaban J connectivity index is 1.78. The fraction of sp³-hybridized carbons (Fsp3) is 0.450. The minimum atomic E-state index is -3.29. The van der Waals surface area contributed by atoms with E-state index in [-0.39, 0.29) is 17.6 Å². The molecule has 0 atom stereocenters. The van der Waals surface area contributed by atoms with Crippen LogP contribution in [0.4, 0.5) is 4.39 Å². The second-order valence-corrected chi connectivity index (χ2v) is 10.1. The Hall–Kier alpha value is -2.19. The van der Waals surface area contributed by atoms with E-state index in [1.807, 2.05) is 19.2 Å². The van der Waals surface area contributed by atoms with Gasteiger partial charge in [-0.3, -0.25) is 5.10 Å². The van der Waals surface area contributed by atoms with Gasteiger partial charge in [-0.25, -0.2) is 17.5 Å². The van der Waals surface area contributed by atoms with Gasteiger partial charge >= 0.3 is 0 Å². The molecule has 1 aliphatic rings. The molecule has 28 heavy (non-hydrogen) atoms. The molecule has 0 aliphatic heterocycles. The summed E-state index contributed by atoms with van der Waals surface area (Å²) in [5.74, 6) is 0.0439. The quantitative estimate of drug-likeness (QED) is 0.630. The van der Waals surface area contributed by atoms with E-state index in [1.54, 1.807) is 6.20 Å². The van der Waals surface area contributed by atoms with Crippen molar-refractivity contribution in [2.24, 2.45) is 5.92 Å². The highest BCUT2D eigenvalue weighted by Gasteiger charge is 2.35. The third-order valence-corrected chi connectivity index (χ3v) is 7.04. The van der Waals surface area contributed by atoms with E-state index >= 15 is 0 Å². The number of benzene rings is 1. The summed E-state index contributed by atoms with van der Waals surface area (Å²) in [5, 5.41) is 7.33. The first-order valence-corrected chi connectivity index (χ1v) is 11.1. The van der Waals surface area contributed by atoms with Gasteiger partial charge in [0.1, 0.15) is 5.82 Å². The van der Waals surface area contributed by atoms with Gasteiger partial charge in [0.2, 0.25) is 10.0 Å². The van der Waals surface area contributed by atoms with Crippen molar-refractivity contribution < 1.29 is 12.8 Å². The van der Waals surface area contributed by atoms with E-state index < -0.39 is 10.0 Å². The molecule has 1 aromatic carbocycles. The third-order valence-electron chi connectivity index (χ3n) is 5.14. The highest BCUT2D eigenvalue weighted by atomic mass is 32.2. The minimum Gasteiger partial charge on any atom is -0.347 e. The normalized spacial score (nSPS) is 15.0. The molecule has 0 spiro atoms. The maximum atomic E-state index is 14.9. The van der Waals surface area contributed by atoms with Crippen LogP contribution in [0.25, 0.3) is 22.2 Å². The standard InChI is InChI=1S/C20H25FN4O2S/c1-12(2)10-25-11-14(9-23-28(26,27)15-4-5-15)16-6-18(21)17(7-19(16)25)20-13(3)8-22-24-20/h6-8,11-12,15,23H,4-5,9-10H2,1-3H3,(H,22,24). The summed E-state index contributed by atoms with van der Waals surface area (Å²) in [6, 6.07) is 3.33. The molecule has 0 unspecified atom stereocenters. The zero-order valence-electron chi connectivity index (χ0n) is 16.3. The average molecular weight is 405 g/mol. The lowest BCUT2D eigenvalue weighted by atomic mass is 10.0. The van der Waals surface area contributed by atoms with Crippen molar-refractivity contribution in [3.8, 4) is 11.3 Å². The van der Waals surface area contributed by atoms with Crippen molar-refractivity contribution in [2.75, 3.05) is 0 Å². The van der Waals surface area contributed by atoms with Gasteiger partial charge in [0.25, 0.3) is 0 Å². The summed E-state index contributed by atoms with van der Waals surface area (Å²) in [4.78, 5) is 0. The van der Waals surface area contributed by atoms with Gasteiger partial charge < -0.3 is 4.57 Å². The predicted molar refractivity (Wildman–Crippen MR) is 108 cm³/mol. The van der Waals surface area contributed by atoms with Crippen molar-refractivity contribution in [3.05, 3.63) is 41.5 Å². The number of hydrogen-bond donors (Lipinski definition) is 2.